The van der Waals surface area contributed by atoms with Gasteiger partial charge in [0, 0.05) is 5.69 Å². The van der Waals surface area contributed by atoms with Crippen molar-refractivity contribution in [1.29, 1.82) is 4.78 Å². The lowest BCUT2D eigenvalue weighted by Gasteiger charge is -2.33. The molecule has 0 spiro atoms. The summed E-state index contributed by atoms with van der Waals surface area (Å²) < 4.78 is 44.7. The van der Waals surface area contributed by atoms with Crippen LogP contribution >= 0.6 is 0 Å². The molecule has 9 nitrogen and oxygen atoms in total. The first-order valence-electron chi connectivity index (χ1n) is 9.30. The van der Waals surface area contributed by atoms with Crippen LogP contribution in [0.1, 0.15) is 29.2 Å². The maximum absolute atomic E-state index is 14.3. The van der Waals surface area contributed by atoms with Crippen LogP contribution in [-0.4, -0.2) is 37.3 Å². The van der Waals surface area contributed by atoms with Crippen molar-refractivity contribution in [2.24, 2.45) is 0 Å². The summed E-state index contributed by atoms with van der Waals surface area (Å²) in [5, 5.41) is 16.2. The lowest BCUT2D eigenvalue weighted by Crippen LogP contribution is -2.37. The normalized spacial score (nSPS) is 22.9. The Kier molecular flexibility index (Phi) is 3.75. The third-order valence-corrected chi connectivity index (χ3v) is 7.19. The van der Waals surface area contributed by atoms with Gasteiger partial charge in [-0.2, -0.15) is 5.10 Å². The Morgan fingerprint density at radius 3 is 2.52 bits per heavy atom. The molecule has 2 aliphatic carbocycles. The number of hydrogen-bond acceptors (Lipinski definition) is 6. The number of aliphatic hydroxyl groups is 1. The molecule has 1 aromatic carbocycles. The monoisotopic (exact) mass is 421 g/mol. The van der Waals surface area contributed by atoms with Gasteiger partial charge in [0.15, 0.2) is 15.5 Å². The average Bonchev–Trinajstić information content (AvgIpc) is 3.07. The highest BCUT2D eigenvalue weighted by atomic mass is 32.2. The van der Waals surface area contributed by atoms with E-state index in [1.807, 2.05) is 0 Å². The number of aliphatic hydroxyl groups excluding tert-OH is 1. The predicted molar refractivity (Wildman–Crippen MR) is 101 cm³/mol. The van der Waals surface area contributed by atoms with Gasteiger partial charge in [-0.1, -0.05) is 0 Å². The van der Waals surface area contributed by atoms with E-state index >= 15 is 0 Å². The molecule has 2 atom stereocenters. The fourth-order valence-corrected chi connectivity index (χ4v) is 5.07. The zero-order valence-electron chi connectivity index (χ0n) is 15.7. The number of carbonyl (C=O) groups excluding carboxylic acids is 1. The van der Waals surface area contributed by atoms with E-state index in [0.29, 0.717) is 42.5 Å². The molecule has 0 unspecified atom stereocenters. The Balaban J connectivity index is 1.38. The molecule has 154 valence electrons. The van der Waals surface area contributed by atoms with Gasteiger partial charge in [0.1, 0.15) is 10.7 Å². The number of halogens is 1. The Bertz CT molecular complexity index is 1140. The number of rotatable bonds is 4. The van der Waals surface area contributed by atoms with Crippen molar-refractivity contribution in [2.45, 2.75) is 49.6 Å². The van der Waals surface area contributed by atoms with Crippen LogP contribution in [0.5, 0.6) is 5.88 Å². The molecular weight excluding hydrogens is 401 g/mol. The van der Waals surface area contributed by atoms with Crippen LogP contribution in [0.4, 0.5) is 14.9 Å². The van der Waals surface area contributed by atoms with Crippen LogP contribution in [-0.2, 0) is 42.1 Å². The Morgan fingerprint density at radius 1 is 1.34 bits per heavy atom. The maximum atomic E-state index is 14.3. The minimum absolute atomic E-state index is 0.0649. The van der Waals surface area contributed by atoms with Gasteiger partial charge in [0.25, 0.3) is 0 Å². The van der Waals surface area contributed by atoms with E-state index in [4.69, 9.17) is 9.52 Å². The molecule has 29 heavy (non-hydrogen) atoms. The van der Waals surface area contributed by atoms with Crippen molar-refractivity contribution in [3.05, 3.63) is 34.3 Å². The van der Waals surface area contributed by atoms with Crippen molar-refractivity contribution >= 4 is 21.6 Å². The van der Waals surface area contributed by atoms with Crippen LogP contribution in [0.15, 0.2) is 11.1 Å². The molecule has 11 heteroatoms. The Morgan fingerprint density at radius 2 is 1.97 bits per heavy atom. The first-order chi connectivity index (χ1) is 13.7. The summed E-state index contributed by atoms with van der Waals surface area (Å²) in [6.07, 6.45) is 3.86. The van der Waals surface area contributed by atoms with Crippen molar-refractivity contribution in [2.75, 3.05) is 11.9 Å². The smallest absolute Gasteiger partial charge is 0.331 e. The van der Waals surface area contributed by atoms with Gasteiger partial charge >= 0.3 is 6.03 Å². The first kappa shape index (κ1) is 18.4. The third kappa shape index (κ3) is 2.64. The summed E-state index contributed by atoms with van der Waals surface area (Å²) in [5.41, 5.74) is 2.48. The second-order valence-electron chi connectivity index (χ2n) is 7.90. The summed E-state index contributed by atoms with van der Waals surface area (Å²) in [5.74, 6) is -0.0703. The van der Waals surface area contributed by atoms with Crippen LogP contribution < -0.4 is 14.8 Å². The lowest BCUT2D eigenvalue weighted by molar-refractivity contribution is 0.0399. The fraction of sp³-hybridized carbons (Fsp3) is 0.444. The number of fused-ring (bicyclic) bond motifs is 3. The highest BCUT2D eigenvalue weighted by Gasteiger charge is 2.39. The average molecular weight is 421 g/mol. The van der Waals surface area contributed by atoms with Crippen LogP contribution in [0, 0.1) is 10.6 Å². The predicted octanol–water partition coefficient (Wildman–Crippen LogP) is 1.51. The van der Waals surface area contributed by atoms with E-state index in [1.165, 1.54) is 10.9 Å². The summed E-state index contributed by atoms with van der Waals surface area (Å²) in [6, 6.07) is -0.803. The van der Waals surface area contributed by atoms with E-state index in [2.05, 4.69) is 15.1 Å². The third-order valence-electron chi connectivity index (χ3n) is 5.82. The molecule has 0 fully saturated rings. The number of urea groups is 1. The summed E-state index contributed by atoms with van der Waals surface area (Å²) in [4.78, 5) is 12.5. The fourth-order valence-electron chi connectivity index (χ4n) is 4.06. The van der Waals surface area contributed by atoms with E-state index in [1.54, 1.807) is 6.92 Å². The number of carbonyl (C=O) groups is 1. The molecule has 5 rings (SSSR count). The molecule has 4 N–H and O–H groups in total. The first-order valence-corrected chi connectivity index (χ1v) is 10.9. The largest absolute Gasteiger partial charge is 0.466 e. The van der Waals surface area contributed by atoms with Crippen LogP contribution in [0.3, 0.4) is 0 Å². The highest BCUT2D eigenvalue weighted by Crippen LogP contribution is 2.43. The minimum Gasteiger partial charge on any atom is -0.466 e. The second-order valence-corrected chi connectivity index (χ2v) is 9.65. The lowest BCUT2D eigenvalue weighted by atomic mass is 9.76. The molecule has 0 saturated carbocycles. The zero-order valence-corrected chi connectivity index (χ0v) is 16.5. The van der Waals surface area contributed by atoms with Gasteiger partial charge in [-0.25, -0.2) is 27.6 Å². The number of anilines is 1. The van der Waals surface area contributed by atoms with Crippen LogP contribution in [0.2, 0.25) is 0 Å². The summed E-state index contributed by atoms with van der Waals surface area (Å²) in [6.45, 7) is 1.64. The standard InChI is InChI=1S/C18H20FN5O4S/c1-18(8-25)7-24-16(28-18)13(6-21-24)29(20,27)23-17(26)22-15-11-4-2-9(11)14(19)10-3-5-12(10)15/h6,25H,2-5,7-8H2,1H3,(H3,20,22,23,26,27)/t18-,29-/m0/s1. The maximum Gasteiger partial charge on any atom is 0.331 e. The van der Waals surface area contributed by atoms with Gasteiger partial charge in [0.05, 0.1) is 19.3 Å². The molecule has 3 aliphatic rings. The van der Waals surface area contributed by atoms with Gasteiger partial charge in [0.2, 0.25) is 5.88 Å². The van der Waals surface area contributed by atoms with Gasteiger partial charge in [-0.05, 0) is 54.9 Å². The minimum atomic E-state index is -3.76. The molecule has 2 amide bonds. The van der Waals surface area contributed by atoms with Crippen molar-refractivity contribution in [3.8, 4) is 5.88 Å². The topological polar surface area (TPSA) is 129 Å². The number of hydrogen-bond donors (Lipinski definition) is 4. The number of nitrogens with one attached hydrogen (secondary N) is 3. The number of amides is 2. The van der Waals surface area contributed by atoms with Crippen LogP contribution in [0.25, 0.3) is 0 Å². The van der Waals surface area contributed by atoms with Gasteiger partial charge in [-0.15, -0.1) is 0 Å². The number of benzene rings is 1. The molecule has 1 aliphatic heterocycles. The number of nitrogens with zero attached hydrogens (tertiary/aromatic N) is 2. The Hall–Kier alpha value is -2.66. The second kappa shape index (κ2) is 5.92. The molecule has 0 bridgehead atoms. The highest BCUT2D eigenvalue weighted by molar-refractivity contribution is 7.91. The van der Waals surface area contributed by atoms with E-state index < -0.39 is 21.5 Å². The molecule has 0 saturated heterocycles. The van der Waals surface area contributed by atoms with E-state index in [0.717, 1.165) is 11.1 Å². The van der Waals surface area contributed by atoms with Gasteiger partial charge < -0.3 is 15.2 Å². The molecule has 0 radical (unpaired) electrons. The van der Waals surface area contributed by atoms with Crippen molar-refractivity contribution in [1.82, 2.24) is 14.5 Å². The number of aromatic nitrogens is 2. The Labute approximate surface area is 166 Å². The van der Waals surface area contributed by atoms with E-state index in [9.17, 15) is 18.5 Å². The SMILES string of the molecule is C[C@@]1(CO)Cn2ncc([S@@](=N)(=O)NC(=O)Nc3c4c(c(F)c5c3CC5)CC4)c2O1. The molecular formula is C18H20FN5O4S. The quantitative estimate of drug-likeness (QED) is 0.595. The molecule has 1 aromatic heterocycles. The van der Waals surface area contributed by atoms with E-state index in [-0.39, 0.29) is 29.7 Å². The van der Waals surface area contributed by atoms with Gasteiger partial charge in [-0.3, -0.25) is 0 Å². The summed E-state index contributed by atoms with van der Waals surface area (Å²) in [7, 11) is -3.76. The van der Waals surface area contributed by atoms with Crippen molar-refractivity contribution < 1.29 is 23.2 Å². The van der Waals surface area contributed by atoms with Crippen molar-refractivity contribution in [3.63, 3.8) is 0 Å². The molecule has 2 aromatic rings. The zero-order chi connectivity index (χ0) is 20.6. The molecule has 2 heterocycles. The number of ether oxygens (including phenoxy) is 1. The summed E-state index contributed by atoms with van der Waals surface area (Å²) >= 11 is 0.